The van der Waals surface area contributed by atoms with Gasteiger partial charge in [-0.1, -0.05) is 12.8 Å². The molecule has 0 aromatic carbocycles. The van der Waals surface area contributed by atoms with Crippen LogP contribution in [-0.4, -0.2) is 68.1 Å². The van der Waals surface area contributed by atoms with Gasteiger partial charge >= 0.3 is 6.03 Å². The van der Waals surface area contributed by atoms with Crippen LogP contribution in [0.5, 0.6) is 0 Å². The summed E-state index contributed by atoms with van der Waals surface area (Å²) in [6, 6.07) is 0.603. The van der Waals surface area contributed by atoms with Crippen LogP contribution in [0.4, 0.5) is 4.79 Å². The van der Waals surface area contributed by atoms with Gasteiger partial charge in [-0.15, -0.1) is 0 Å². The number of nitrogens with zero attached hydrogens (tertiary/aromatic N) is 1. The van der Waals surface area contributed by atoms with Gasteiger partial charge in [0.2, 0.25) is 0 Å². The molecule has 0 unspecified atom stereocenters. The maximum absolute atomic E-state index is 11.5. The van der Waals surface area contributed by atoms with Crippen LogP contribution in [0.15, 0.2) is 0 Å². The van der Waals surface area contributed by atoms with Crippen molar-refractivity contribution in [1.29, 1.82) is 0 Å². The van der Waals surface area contributed by atoms with Crippen LogP contribution >= 0.6 is 0 Å². The quantitative estimate of drug-likeness (QED) is 0.822. The molecule has 1 aliphatic carbocycles. The Hall–Kier alpha value is -0.850. The van der Waals surface area contributed by atoms with Crippen LogP contribution < -0.4 is 10.6 Å². The van der Waals surface area contributed by atoms with Gasteiger partial charge in [-0.2, -0.15) is 0 Å². The van der Waals surface area contributed by atoms with Crippen LogP contribution in [0.1, 0.15) is 45.4 Å². The first kappa shape index (κ1) is 17.0. The standard InChI is InChI=1S/C17H31N3O3/c1-2-18-16(21)19-11-15-7-8-17(23-15)12-20(9-10-22-13-17)14-5-3-4-6-14/h14-15H,2-13H2,1H3,(H2,18,19,21)/t15-,17+/m1/s1. The minimum Gasteiger partial charge on any atom is -0.377 e. The predicted molar refractivity (Wildman–Crippen MR) is 88.6 cm³/mol. The van der Waals surface area contributed by atoms with Crippen molar-refractivity contribution >= 4 is 6.03 Å². The van der Waals surface area contributed by atoms with E-state index in [2.05, 4.69) is 15.5 Å². The van der Waals surface area contributed by atoms with E-state index in [1.807, 2.05) is 6.92 Å². The lowest BCUT2D eigenvalue weighted by Gasteiger charge is -2.35. The third-order valence-corrected chi connectivity index (χ3v) is 5.39. The highest BCUT2D eigenvalue weighted by Crippen LogP contribution is 2.35. The van der Waals surface area contributed by atoms with Crippen LogP contribution in [0.25, 0.3) is 0 Å². The van der Waals surface area contributed by atoms with Crippen LogP contribution in [-0.2, 0) is 9.47 Å². The second-order valence-electron chi connectivity index (χ2n) is 7.16. The van der Waals surface area contributed by atoms with Crippen molar-refractivity contribution < 1.29 is 14.3 Å². The number of rotatable bonds is 4. The molecule has 0 aromatic heterocycles. The highest BCUT2D eigenvalue weighted by Gasteiger charge is 2.44. The highest BCUT2D eigenvalue weighted by atomic mass is 16.6. The summed E-state index contributed by atoms with van der Waals surface area (Å²) in [4.78, 5) is 14.1. The summed E-state index contributed by atoms with van der Waals surface area (Å²) in [5.74, 6) is 0. The lowest BCUT2D eigenvalue weighted by Crippen LogP contribution is -2.48. The largest absolute Gasteiger partial charge is 0.377 e. The fraction of sp³-hybridized carbons (Fsp3) is 0.941. The number of hydrogen-bond donors (Lipinski definition) is 2. The van der Waals surface area contributed by atoms with Crippen molar-refractivity contribution in [1.82, 2.24) is 15.5 Å². The average molecular weight is 325 g/mol. The third-order valence-electron chi connectivity index (χ3n) is 5.39. The van der Waals surface area contributed by atoms with E-state index >= 15 is 0 Å². The molecule has 6 heteroatoms. The maximum Gasteiger partial charge on any atom is 0.314 e. The maximum atomic E-state index is 11.5. The van der Waals surface area contributed by atoms with Crippen molar-refractivity contribution in [2.75, 3.05) is 39.4 Å². The number of hydrogen-bond acceptors (Lipinski definition) is 4. The summed E-state index contributed by atoms with van der Waals surface area (Å²) in [7, 11) is 0. The SMILES string of the molecule is CCNC(=O)NC[C@H]1CC[C@]2(COCCN(C3CCCC3)C2)O1. The summed E-state index contributed by atoms with van der Waals surface area (Å²) >= 11 is 0. The summed E-state index contributed by atoms with van der Waals surface area (Å²) in [5.41, 5.74) is -0.174. The molecule has 0 radical (unpaired) electrons. The average Bonchev–Trinajstić information content (AvgIpc) is 3.15. The van der Waals surface area contributed by atoms with Gasteiger partial charge in [-0.05, 0) is 32.6 Å². The molecule has 3 rings (SSSR count). The summed E-state index contributed by atoms with van der Waals surface area (Å²) in [6.07, 6.45) is 7.47. The van der Waals surface area contributed by atoms with Crippen molar-refractivity contribution in [2.24, 2.45) is 0 Å². The molecule has 2 atom stereocenters. The normalized spacial score (nSPS) is 33.0. The van der Waals surface area contributed by atoms with Crippen LogP contribution in [0, 0.1) is 0 Å². The first-order chi connectivity index (χ1) is 11.2. The van der Waals surface area contributed by atoms with Crippen LogP contribution in [0.2, 0.25) is 0 Å². The summed E-state index contributed by atoms with van der Waals surface area (Å²) < 4.78 is 12.2. The molecule has 132 valence electrons. The van der Waals surface area contributed by atoms with Crippen LogP contribution in [0.3, 0.4) is 0 Å². The van der Waals surface area contributed by atoms with E-state index in [1.54, 1.807) is 0 Å². The van der Waals surface area contributed by atoms with Gasteiger partial charge < -0.3 is 20.1 Å². The highest BCUT2D eigenvalue weighted by molar-refractivity contribution is 5.73. The topological polar surface area (TPSA) is 62.8 Å². The molecule has 1 spiro atoms. The molecule has 23 heavy (non-hydrogen) atoms. The number of amides is 2. The Balaban J connectivity index is 1.52. The first-order valence-corrected chi connectivity index (χ1v) is 9.22. The number of carbonyl (C=O) groups excluding carboxylic acids is 1. The van der Waals surface area contributed by atoms with E-state index in [9.17, 15) is 4.79 Å². The van der Waals surface area contributed by atoms with E-state index in [-0.39, 0.29) is 17.7 Å². The van der Waals surface area contributed by atoms with Crippen molar-refractivity contribution in [3.8, 4) is 0 Å². The van der Waals surface area contributed by atoms with Gasteiger partial charge in [0, 0.05) is 32.2 Å². The van der Waals surface area contributed by atoms with Gasteiger partial charge in [0.1, 0.15) is 5.60 Å². The Labute approximate surface area is 139 Å². The smallest absolute Gasteiger partial charge is 0.314 e. The molecule has 2 heterocycles. The fourth-order valence-corrected chi connectivity index (χ4v) is 4.21. The van der Waals surface area contributed by atoms with Gasteiger partial charge in [-0.3, -0.25) is 4.90 Å². The minimum atomic E-state index is -0.174. The Morgan fingerprint density at radius 3 is 2.87 bits per heavy atom. The number of carbonyl (C=O) groups is 1. The molecular weight excluding hydrogens is 294 g/mol. The minimum absolute atomic E-state index is 0.102. The zero-order valence-electron chi connectivity index (χ0n) is 14.3. The number of urea groups is 1. The summed E-state index contributed by atoms with van der Waals surface area (Å²) in [6.45, 7) is 6.65. The molecule has 2 saturated heterocycles. The van der Waals surface area contributed by atoms with Gasteiger partial charge in [-0.25, -0.2) is 4.79 Å². The zero-order valence-corrected chi connectivity index (χ0v) is 14.3. The Kier molecular flexibility index (Phi) is 5.77. The van der Waals surface area contributed by atoms with E-state index < -0.39 is 0 Å². The third kappa shape index (κ3) is 4.37. The lowest BCUT2D eigenvalue weighted by atomic mass is 9.99. The van der Waals surface area contributed by atoms with Crippen molar-refractivity contribution in [3.63, 3.8) is 0 Å². The van der Waals surface area contributed by atoms with Crippen molar-refractivity contribution in [3.05, 3.63) is 0 Å². The fourth-order valence-electron chi connectivity index (χ4n) is 4.21. The molecule has 3 aliphatic rings. The first-order valence-electron chi connectivity index (χ1n) is 9.22. The molecule has 2 amide bonds. The van der Waals surface area contributed by atoms with E-state index in [4.69, 9.17) is 9.47 Å². The molecule has 0 aromatic rings. The van der Waals surface area contributed by atoms with Gasteiger partial charge in [0.15, 0.2) is 0 Å². The van der Waals surface area contributed by atoms with Gasteiger partial charge in [0.25, 0.3) is 0 Å². The molecule has 6 nitrogen and oxygen atoms in total. The number of ether oxygens (including phenoxy) is 2. The summed E-state index contributed by atoms with van der Waals surface area (Å²) in [5, 5.41) is 5.66. The number of nitrogens with one attached hydrogen (secondary N) is 2. The van der Waals surface area contributed by atoms with Gasteiger partial charge in [0.05, 0.1) is 19.3 Å². The second-order valence-corrected chi connectivity index (χ2v) is 7.16. The molecule has 2 N–H and O–H groups in total. The Bertz CT molecular complexity index is 401. The molecule has 1 saturated carbocycles. The molecule has 0 bridgehead atoms. The Morgan fingerprint density at radius 1 is 1.26 bits per heavy atom. The van der Waals surface area contributed by atoms with Crippen molar-refractivity contribution in [2.45, 2.75) is 63.2 Å². The van der Waals surface area contributed by atoms with E-state index in [0.717, 1.165) is 32.5 Å². The predicted octanol–water partition coefficient (Wildman–Crippen LogP) is 1.50. The van der Waals surface area contributed by atoms with E-state index in [0.29, 0.717) is 25.7 Å². The molecule has 2 aliphatic heterocycles. The Morgan fingerprint density at radius 2 is 2.09 bits per heavy atom. The zero-order chi connectivity index (χ0) is 16.1. The lowest BCUT2D eigenvalue weighted by molar-refractivity contribution is -0.0866. The monoisotopic (exact) mass is 325 g/mol. The van der Waals surface area contributed by atoms with E-state index in [1.165, 1.54) is 25.7 Å². The molecule has 3 fully saturated rings. The second kappa shape index (κ2) is 7.81. The molecular formula is C17H31N3O3.